The Morgan fingerprint density at radius 3 is 2.00 bits per heavy atom. The highest BCUT2D eigenvalue weighted by atomic mass is 16.3. The average molecular weight is 503 g/mol. The van der Waals surface area contributed by atoms with Crippen LogP contribution in [0.15, 0.2) is 66.9 Å². The first kappa shape index (κ1) is 31.6. The van der Waals surface area contributed by atoms with Crippen LogP contribution in [0.25, 0.3) is 16.6 Å². The number of aromatic hydroxyl groups is 1. The fraction of sp³-hybridized carbons (Fsp3) is 0.394. The van der Waals surface area contributed by atoms with Crippen LogP contribution in [0.5, 0.6) is 5.75 Å². The van der Waals surface area contributed by atoms with Gasteiger partial charge in [-0.05, 0) is 69.4 Å². The SMILES string of the molecule is CC.CCCC=O.CCCCCc1cc(-c2ccccc2O)cc2c(C)cnn12.Cc1ccc(C)cc1. The van der Waals surface area contributed by atoms with Crippen LogP contribution >= 0.6 is 0 Å². The molecule has 2 aromatic carbocycles. The zero-order valence-electron chi connectivity index (χ0n) is 23.9. The van der Waals surface area contributed by atoms with Gasteiger partial charge in [0.15, 0.2) is 0 Å². The molecular formula is C33H46N2O2. The Bertz CT molecular complexity index is 1160. The molecule has 200 valence electrons. The van der Waals surface area contributed by atoms with Crippen LogP contribution in [0.1, 0.15) is 82.2 Å². The van der Waals surface area contributed by atoms with Gasteiger partial charge in [0.25, 0.3) is 0 Å². The van der Waals surface area contributed by atoms with Crippen molar-refractivity contribution in [1.29, 1.82) is 0 Å². The van der Waals surface area contributed by atoms with E-state index in [1.807, 2.05) is 49.7 Å². The topological polar surface area (TPSA) is 54.6 Å². The lowest BCUT2D eigenvalue weighted by molar-refractivity contribution is -0.107. The fourth-order valence-electron chi connectivity index (χ4n) is 3.64. The Morgan fingerprint density at radius 2 is 1.49 bits per heavy atom. The van der Waals surface area contributed by atoms with Crippen LogP contribution < -0.4 is 0 Å². The minimum Gasteiger partial charge on any atom is -0.507 e. The van der Waals surface area contributed by atoms with Gasteiger partial charge in [0.2, 0.25) is 0 Å². The van der Waals surface area contributed by atoms with Gasteiger partial charge in [-0.3, -0.25) is 0 Å². The van der Waals surface area contributed by atoms with Crippen molar-refractivity contribution in [1.82, 2.24) is 9.61 Å². The molecule has 0 unspecified atom stereocenters. The van der Waals surface area contributed by atoms with Crippen LogP contribution in [-0.2, 0) is 11.2 Å². The Morgan fingerprint density at radius 1 is 0.865 bits per heavy atom. The molecule has 4 heteroatoms. The van der Waals surface area contributed by atoms with E-state index in [-0.39, 0.29) is 0 Å². The molecule has 4 nitrogen and oxygen atoms in total. The summed E-state index contributed by atoms with van der Waals surface area (Å²) in [5.74, 6) is 0.323. The van der Waals surface area contributed by atoms with Crippen molar-refractivity contribution >= 4 is 11.8 Å². The predicted molar refractivity (Wildman–Crippen MR) is 158 cm³/mol. The molecule has 0 saturated carbocycles. The van der Waals surface area contributed by atoms with E-state index in [1.165, 1.54) is 29.7 Å². The summed E-state index contributed by atoms with van der Waals surface area (Å²) in [5.41, 5.74) is 8.08. The number of phenols is 1. The number of para-hydroxylation sites is 1. The van der Waals surface area contributed by atoms with Gasteiger partial charge >= 0.3 is 0 Å². The van der Waals surface area contributed by atoms with E-state index < -0.39 is 0 Å². The van der Waals surface area contributed by atoms with E-state index in [1.54, 1.807) is 6.07 Å². The van der Waals surface area contributed by atoms with Gasteiger partial charge in [-0.25, -0.2) is 4.52 Å². The molecule has 0 fully saturated rings. The van der Waals surface area contributed by atoms with E-state index >= 15 is 0 Å². The van der Waals surface area contributed by atoms with Gasteiger partial charge in [0.05, 0.1) is 11.7 Å². The van der Waals surface area contributed by atoms with E-state index in [0.717, 1.165) is 47.8 Å². The monoisotopic (exact) mass is 502 g/mol. The number of phenolic OH excluding ortho intramolecular Hbond substituents is 1. The van der Waals surface area contributed by atoms with Crippen molar-refractivity contribution in [3.05, 3.63) is 89.2 Å². The second-order valence-electron chi connectivity index (χ2n) is 8.94. The number of aromatic nitrogens is 2. The zero-order valence-corrected chi connectivity index (χ0v) is 23.9. The number of nitrogens with zero attached hydrogens (tertiary/aromatic N) is 2. The van der Waals surface area contributed by atoms with E-state index in [9.17, 15) is 9.90 Å². The number of pyridine rings is 1. The maximum absolute atomic E-state index is 10.1. The van der Waals surface area contributed by atoms with Crippen LogP contribution in [0.4, 0.5) is 0 Å². The summed E-state index contributed by atoms with van der Waals surface area (Å²) in [6, 6.07) is 20.3. The molecule has 2 heterocycles. The van der Waals surface area contributed by atoms with Crippen molar-refractivity contribution in [2.45, 2.75) is 87.0 Å². The molecule has 0 aliphatic rings. The molecular weight excluding hydrogens is 456 g/mol. The number of carbonyl (C=O) groups is 1. The van der Waals surface area contributed by atoms with Gasteiger partial charge in [-0.15, -0.1) is 0 Å². The van der Waals surface area contributed by atoms with Gasteiger partial charge in [0, 0.05) is 17.7 Å². The smallest absolute Gasteiger partial charge is 0.123 e. The van der Waals surface area contributed by atoms with E-state index in [4.69, 9.17) is 0 Å². The summed E-state index contributed by atoms with van der Waals surface area (Å²) < 4.78 is 2.04. The summed E-state index contributed by atoms with van der Waals surface area (Å²) in [7, 11) is 0. The van der Waals surface area contributed by atoms with Crippen molar-refractivity contribution in [3.63, 3.8) is 0 Å². The average Bonchev–Trinajstić information content (AvgIpc) is 3.29. The maximum atomic E-state index is 10.1. The lowest BCUT2D eigenvalue weighted by Gasteiger charge is -2.10. The minimum absolute atomic E-state index is 0.323. The van der Waals surface area contributed by atoms with Crippen molar-refractivity contribution < 1.29 is 9.90 Å². The van der Waals surface area contributed by atoms with E-state index in [2.05, 4.69) is 69.2 Å². The summed E-state index contributed by atoms with van der Waals surface area (Å²) in [4.78, 5) is 9.40. The molecule has 0 atom stereocenters. The first-order valence-corrected chi connectivity index (χ1v) is 13.6. The molecule has 4 aromatic rings. The Labute approximate surface area is 224 Å². The standard InChI is InChI=1S/C19H22N2O.C8H10.C4H8O.C2H6/c1-3-4-5-8-16-11-15(17-9-6-7-10-19(17)22)12-18-14(2)13-20-21(16)18;1-7-3-5-8(2)6-4-7;1-2-3-4-5;1-2/h6-7,9-13,22H,3-5,8H2,1-2H3;3-6H,1-2H3;4H,2-3H2,1H3;1-2H3. The maximum Gasteiger partial charge on any atom is 0.123 e. The number of aryl methyl sites for hydroxylation is 4. The lowest BCUT2D eigenvalue weighted by Crippen LogP contribution is -2.00. The fourth-order valence-corrected chi connectivity index (χ4v) is 3.64. The molecule has 0 aliphatic carbocycles. The highest BCUT2D eigenvalue weighted by molar-refractivity contribution is 5.75. The van der Waals surface area contributed by atoms with Gasteiger partial charge in [-0.2, -0.15) is 5.10 Å². The molecule has 0 aliphatic heterocycles. The Balaban J connectivity index is 0.000000375. The van der Waals surface area contributed by atoms with Crippen molar-refractivity contribution in [2.24, 2.45) is 0 Å². The number of aldehydes is 1. The highest BCUT2D eigenvalue weighted by Crippen LogP contribution is 2.31. The molecule has 0 amide bonds. The first-order chi connectivity index (χ1) is 17.9. The van der Waals surface area contributed by atoms with Gasteiger partial charge in [0.1, 0.15) is 12.0 Å². The number of rotatable bonds is 7. The third-order valence-corrected chi connectivity index (χ3v) is 5.76. The number of fused-ring (bicyclic) bond motifs is 1. The third-order valence-electron chi connectivity index (χ3n) is 5.76. The number of hydrogen-bond acceptors (Lipinski definition) is 3. The van der Waals surface area contributed by atoms with Gasteiger partial charge < -0.3 is 9.90 Å². The van der Waals surface area contributed by atoms with Crippen LogP contribution in [0.3, 0.4) is 0 Å². The van der Waals surface area contributed by atoms with Gasteiger partial charge in [-0.1, -0.05) is 94.1 Å². The number of unbranched alkanes of at least 4 members (excludes halogenated alkanes) is 3. The molecule has 1 N–H and O–H groups in total. The second kappa shape index (κ2) is 17.9. The molecule has 4 rings (SSSR count). The molecule has 0 radical (unpaired) electrons. The summed E-state index contributed by atoms with van der Waals surface area (Å²) in [5, 5.41) is 14.6. The van der Waals surface area contributed by atoms with Crippen LogP contribution in [0.2, 0.25) is 0 Å². The summed E-state index contributed by atoms with van der Waals surface area (Å²) in [6.07, 6.45) is 9.13. The first-order valence-electron chi connectivity index (χ1n) is 13.6. The van der Waals surface area contributed by atoms with E-state index in [0.29, 0.717) is 12.2 Å². The Hall–Kier alpha value is -3.40. The number of hydrogen-bond donors (Lipinski definition) is 1. The summed E-state index contributed by atoms with van der Waals surface area (Å²) in [6.45, 7) is 14.5. The molecule has 0 bridgehead atoms. The highest BCUT2D eigenvalue weighted by Gasteiger charge is 2.11. The molecule has 0 saturated heterocycles. The van der Waals surface area contributed by atoms with Crippen molar-refractivity contribution in [2.75, 3.05) is 0 Å². The lowest BCUT2D eigenvalue weighted by atomic mass is 10.0. The molecule has 37 heavy (non-hydrogen) atoms. The largest absolute Gasteiger partial charge is 0.507 e. The Kier molecular flexibility index (Phi) is 15.3. The van der Waals surface area contributed by atoms with Crippen LogP contribution in [-0.4, -0.2) is 21.0 Å². The number of carbonyl (C=O) groups excluding carboxylic acids is 1. The molecule has 2 aromatic heterocycles. The normalized spacial score (nSPS) is 9.81. The zero-order chi connectivity index (χ0) is 27.6. The summed E-state index contributed by atoms with van der Waals surface area (Å²) >= 11 is 0. The second-order valence-corrected chi connectivity index (χ2v) is 8.94. The minimum atomic E-state index is 0.323. The molecule has 0 spiro atoms. The third kappa shape index (κ3) is 10.6. The van der Waals surface area contributed by atoms with Crippen molar-refractivity contribution in [3.8, 4) is 16.9 Å². The van der Waals surface area contributed by atoms with Crippen LogP contribution in [0, 0.1) is 20.8 Å². The number of benzene rings is 2. The predicted octanol–water partition coefficient (Wildman–Crippen LogP) is 9.06. The quantitative estimate of drug-likeness (QED) is 0.202.